The summed E-state index contributed by atoms with van der Waals surface area (Å²) in [4.78, 5) is 4.29. The van der Waals surface area contributed by atoms with Gasteiger partial charge >= 0.3 is 0 Å². The Balaban J connectivity index is 2.54. The SMILES string of the molecule is Cn1c(-c2ccccc2F)nc(Br)c1CCO. The van der Waals surface area contributed by atoms with E-state index in [0.717, 1.165) is 5.69 Å². The molecule has 0 fully saturated rings. The highest BCUT2D eigenvalue weighted by Crippen LogP contribution is 2.26. The maximum absolute atomic E-state index is 13.7. The molecule has 0 unspecified atom stereocenters. The van der Waals surface area contributed by atoms with Crippen molar-refractivity contribution in [3.05, 3.63) is 40.4 Å². The molecule has 90 valence electrons. The minimum Gasteiger partial charge on any atom is -0.396 e. The second-order valence-electron chi connectivity index (χ2n) is 3.69. The van der Waals surface area contributed by atoms with Crippen LogP contribution in [0.5, 0.6) is 0 Å². The average Bonchev–Trinajstić information content (AvgIpc) is 2.58. The molecular formula is C12H12BrFN2O. The van der Waals surface area contributed by atoms with E-state index in [1.165, 1.54) is 6.07 Å². The van der Waals surface area contributed by atoms with E-state index >= 15 is 0 Å². The zero-order valence-electron chi connectivity index (χ0n) is 9.32. The molecule has 5 heteroatoms. The molecule has 1 N–H and O–H groups in total. The number of hydrogen-bond acceptors (Lipinski definition) is 2. The molecule has 0 bridgehead atoms. The van der Waals surface area contributed by atoms with Crippen LogP contribution in [0.1, 0.15) is 5.69 Å². The van der Waals surface area contributed by atoms with E-state index in [1.807, 2.05) is 7.05 Å². The Morgan fingerprint density at radius 2 is 2.12 bits per heavy atom. The summed E-state index contributed by atoms with van der Waals surface area (Å²) in [6.45, 7) is 0.0366. The molecule has 0 aliphatic rings. The molecule has 1 heterocycles. The minimum absolute atomic E-state index is 0.0366. The lowest BCUT2D eigenvalue weighted by molar-refractivity contribution is 0.296. The first-order chi connectivity index (χ1) is 8.15. The number of aliphatic hydroxyl groups is 1. The predicted molar refractivity (Wildman–Crippen MR) is 67.1 cm³/mol. The van der Waals surface area contributed by atoms with Gasteiger partial charge in [-0.2, -0.15) is 0 Å². The fourth-order valence-electron chi connectivity index (χ4n) is 1.76. The van der Waals surface area contributed by atoms with Crippen LogP contribution in [0.4, 0.5) is 4.39 Å². The molecule has 2 aromatic rings. The molecular weight excluding hydrogens is 287 g/mol. The maximum atomic E-state index is 13.7. The monoisotopic (exact) mass is 298 g/mol. The van der Waals surface area contributed by atoms with Crippen molar-refractivity contribution in [2.24, 2.45) is 7.05 Å². The van der Waals surface area contributed by atoms with Crippen molar-refractivity contribution in [1.82, 2.24) is 9.55 Å². The molecule has 2 rings (SSSR count). The lowest BCUT2D eigenvalue weighted by atomic mass is 10.2. The first-order valence-electron chi connectivity index (χ1n) is 5.22. The van der Waals surface area contributed by atoms with Crippen LogP contribution >= 0.6 is 15.9 Å². The fraction of sp³-hybridized carbons (Fsp3) is 0.250. The summed E-state index contributed by atoms with van der Waals surface area (Å²) >= 11 is 3.33. The third-order valence-electron chi connectivity index (χ3n) is 2.63. The van der Waals surface area contributed by atoms with Crippen molar-refractivity contribution in [2.45, 2.75) is 6.42 Å². The summed E-state index contributed by atoms with van der Waals surface area (Å²) in [5.74, 6) is 0.252. The van der Waals surface area contributed by atoms with Crippen molar-refractivity contribution in [1.29, 1.82) is 0 Å². The van der Waals surface area contributed by atoms with Gasteiger partial charge in [-0.05, 0) is 28.1 Å². The van der Waals surface area contributed by atoms with Crippen LogP contribution in [0.15, 0.2) is 28.9 Å². The van der Waals surface area contributed by atoms with Gasteiger partial charge in [0.15, 0.2) is 0 Å². The van der Waals surface area contributed by atoms with E-state index in [0.29, 0.717) is 22.4 Å². The van der Waals surface area contributed by atoms with Crippen molar-refractivity contribution < 1.29 is 9.50 Å². The van der Waals surface area contributed by atoms with Crippen LogP contribution in [0.25, 0.3) is 11.4 Å². The molecule has 1 aromatic carbocycles. The second-order valence-corrected chi connectivity index (χ2v) is 4.44. The lowest BCUT2D eigenvalue weighted by Crippen LogP contribution is -2.02. The van der Waals surface area contributed by atoms with Gasteiger partial charge in [-0.3, -0.25) is 0 Å². The number of benzene rings is 1. The normalized spacial score (nSPS) is 10.8. The van der Waals surface area contributed by atoms with Crippen LogP contribution in [-0.4, -0.2) is 21.3 Å². The standard InChI is InChI=1S/C12H12BrFN2O/c1-16-10(6-7-17)11(13)15-12(16)8-4-2-3-5-9(8)14/h2-5,17H,6-7H2,1H3. The number of rotatable bonds is 3. The smallest absolute Gasteiger partial charge is 0.144 e. The van der Waals surface area contributed by atoms with Gasteiger partial charge in [0.25, 0.3) is 0 Å². The van der Waals surface area contributed by atoms with Gasteiger partial charge in [-0.25, -0.2) is 9.37 Å². The minimum atomic E-state index is -0.302. The largest absolute Gasteiger partial charge is 0.396 e. The van der Waals surface area contributed by atoms with E-state index in [1.54, 1.807) is 22.8 Å². The highest BCUT2D eigenvalue weighted by molar-refractivity contribution is 9.10. The van der Waals surface area contributed by atoms with Gasteiger partial charge in [0.05, 0.1) is 11.3 Å². The third kappa shape index (κ3) is 2.25. The van der Waals surface area contributed by atoms with Crippen molar-refractivity contribution in [2.75, 3.05) is 6.61 Å². The number of aromatic nitrogens is 2. The Kier molecular flexibility index (Phi) is 3.59. The average molecular weight is 299 g/mol. The molecule has 0 spiro atoms. The number of aliphatic hydroxyl groups excluding tert-OH is 1. The van der Waals surface area contributed by atoms with Gasteiger partial charge in [-0.15, -0.1) is 0 Å². The summed E-state index contributed by atoms with van der Waals surface area (Å²) in [6.07, 6.45) is 0.485. The molecule has 17 heavy (non-hydrogen) atoms. The Bertz CT molecular complexity index is 539. The van der Waals surface area contributed by atoms with Gasteiger partial charge < -0.3 is 9.67 Å². The predicted octanol–water partition coefficient (Wildman–Crippen LogP) is 2.52. The summed E-state index contributed by atoms with van der Waals surface area (Å²) in [5, 5.41) is 8.97. The molecule has 0 saturated carbocycles. The number of hydrogen-bond donors (Lipinski definition) is 1. The van der Waals surface area contributed by atoms with Crippen LogP contribution < -0.4 is 0 Å². The lowest BCUT2D eigenvalue weighted by Gasteiger charge is -2.05. The number of nitrogens with zero attached hydrogens (tertiary/aromatic N) is 2. The van der Waals surface area contributed by atoms with Crippen LogP contribution in [0.3, 0.4) is 0 Å². The maximum Gasteiger partial charge on any atom is 0.144 e. The van der Waals surface area contributed by atoms with Gasteiger partial charge in [-0.1, -0.05) is 12.1 Å². The Morgan fingerprint density at radius 1 is 1.41 bits per heavy atom. The van der Waals surface area contributed by atoms with Gasteiger partial charge in [0.1, 0.15) is 16.2 Å². The molecule has 0 aliphatic heterocycles. The van der Waals surface area contributed by atoms with E-state index in [2.05, 4.69) is 20.9 Å². The fourth-order valence-corrected chi connectivity index (χ4v) is 2.39. The van der Waals surface area contributed by atoms with Gasteiger partial charge in [0.2, 0.25) is 0 Å². The molecule has 0 saturated heterocycles. The summed E-state index contributed by atoms with van der Waals surface area (Å²) in [6, 6.07) is 6.51. The van der Waals surface area contributed by atoms with Gasteiger partial charge in [0, 0.05) is 20.1 Å². The second kappa shape index (κ2) is 4.98. The van der Waals surface area contributed by atoms with E-state index in [9.17, 15) is 4.39 Å². The quantitative estimate of drug-likeness (QED) is 0.945. The Morgan fingerprint density at radius 3 is 2.76 bits per heavy atom. The van der Waals surface area contributed by atoms with E-state index in [4.69, 9.17) is 5.11 Å². The molecule has 0 atom stereocenters. The Labute approximate surface area is 107 Å². The summed E-state index contributed by atoms with van der Waals surface area (Å²) < 4.78 is 16.1. The van der Waals surface area contributed by atoms with Crippen LogP contribution in [0.2, 0.25) is 0 Å². The highest BCUT2D eigenvalue weighted by Gasteiger charge is 2.15. The van der Waals surface area contributed by atoms with Crippen molar-refractivity contribution >= 4 is 15.9 Å². The number of imidazole rings is 1. The zero-order chi connectivity index (χ0) is 12.4. The van der Waals surface area contributed by atoms with Crippen LogP contribution in [0, 0.1) is 5.82 Å². The third-order valence-corrected chi connectivity index (χ3v) is 3.26. The van der Waals surface area contributed by atoms with E-state index < -0.39 is 0 Å². The first kappa shape index (κ1) is 12.3. The topological polar surface area (TPSA) is 38.0 Å². The van der Waals surface area contributed by atoms with Crippen molar-refractivity contribution in [3.63, 3.8) is 0 Å². The zero-order valence-corrected chi connectivity index (χ0v) is 10.9. The molecule has 1 aromatic heterocycles. The van der Waals surface area contributed by atoms with Crippen LogP contribution in [-0.2, 0) is 13.5 Å². The highest BCUT2D eigenvalue weighted by atomic mass is 79.9. The first-order valence-corrected chi connectivity index (χ1v) is 6.01. The Hall–Kier alpha value is -1.20. The molecule has 0 radical (unpaired) electrons. The molecule has 0 aliphatic carbocycles. The van der Waals surface area contributed by atoms with Crippen molar-refractivity contribution in [3.8, 4) is 11.4 Å². The summed E-state index contributed by atoms with van der Waals surface area (Å²) in [7, 11) is 1.81. The summed E-state index contributed by atoms with van der Waals surface area (Å²) in [5.41, 5.74) is 1.31. The molecule has 3 nitrogen and oxygen atoms in total. The molecule has 0 amide bonds. The number of halogens is 2. The van der Waals surface area contributed by atoms with E-state index in [-0.39, 0.29) is 12.4 Å².